The molecule has 1 aliphatic rings. The molecule has 0 fully saturated rings. The van der Waals surface area contributed by atoms with Crippen molar-refractivity contribution < 1.29 is 14.6 Å². The number of thioether (sulfide) groups is 1. The fourth-order valence-corrected chi connectivity index (χ4v) is 4.44. The molecule has 1 atom stereocenters. The third-order valence-corrected chi connectivity index (χ3v) is 6.07. The molecule has 4 rings (SSSR count). The van der Waals surface area contributed by atoms with Crippen LogP contribution in [0, 0.1) is 0 Å². The monoisotopic (exact) mass is 422 g/mol. The molecule has 1 aromatic carbocycles. The summed E-state index contributed by atoms with van der Waals surface area (Å²) in [5.74, 6) is 0.0844. The number of amides is 1. The number of carbonyl (C=O) groups is 1. The molecule has 2 aromatic heterocycles. The van der Waals surface area contributed by atoms with Crippen molar-refractivity contribution in [1.82, 2.24) is 10.1 Å². The number of anilines is 1. The topological polar surface area (TPSA) is 73.0 Å². The van der Waals surface area contributed by atoms with Crippen LogP contribution in [0.1, 0.15) is 18.0 Å². The Morgan fingerprint density at radius 2 is 2.21 bits per heavy atom. The minimum Gasteiger partial charge on any atom is -0.854 e. The molecule has 0 saturated heterocycles. The molecule has 1 amide bonds. The largest absolute Gasteiger partial charge is 0.854 e. The zero-order valence-corrected chi connectivity index (χ0v) is 17.3. The first-order valence-electron chi connectivity index (χ1n) is 8.95. The Labute approximate surface area is 176 Å². The molecule has 1 aliphatic heterocycles. The van der Waals surface area contributed by atoms with E-state index >= 15 is 0 Å². The van der Waals surface area contributed by atoms with Gasteiger partial charge in [-0.3, -0.25) is 4.79 Å². The van der Waals surface area contributed by atoms with E-state index in [9.17, 15) is 9.90 Å². The maximum atomic E-state index is 12.9. The van der Waals surface area contributed by atoms with Gasteiger partial charge < -0.3 is 5.11 Å². The van der Waals surface area contributed by atoms with Crippen LogP contribution in [0.3, 0.4) is 0 Å². The van der Waals surface area contributed by atoms with Crippen molar-refractivity contribution in [3.05, 3.63) is 65.4 Å². The second kappa shape index (κ2) is 8.18. The van der Waals surface area contributed by atoms with Crippen molar-refractivity contribution in [2.24, 2.45) is 0 Å². The first kappa shape index (κ1) is 19.4. The van der Waals surface area contributed by atoms with Crippen molar-refractivity contribution in [1.29, 1.82) is 0 Å². The number of para-hydroxylation sites is 1. The summed E-state index contributed by atoms with van der Waals surface area (Å²) in [5, 5.41) is 19.9. The predicted molar refractivity (Wildman–Crippen MR) is 114 cm³/mol. The van der Waals surface area contributed by atoms with Gasteiger partial charge in [0.15, 0.2) is 0 Å². The molecule has 0 saturated carbocycles. The van der Waals surface area contributed by atoms with Crippen LogP contribution in [0.4, 0.5) is 5.69 Å². The summed E-state index contributed by atoms with van der Waals surface area (Å²) in [7, 11) is 0. The molecule has 29 heavy (non-hydrogen) atoms. The highest BCUT2D eigenvalue weighted by molar-refractivity contribution is 7.99. The number of hydrogen-bond donors (Lipinski definition) is 0. The highest BCUT2D eigenvalue weighted by atomic mass is 32.2. The Morgan fingerprint density at radius 3 is 2.93 bits per heavy atom. The molecule has 0 aliphatic carbocycles. The lowest BCUT2D eigenvalue weighted by atomic mass is 10.0. The molecule has 3 heterocycles. The quantitative estimate of drug-likeness (QED) is 0.358. The minimum atomic E-state index is -0.571. The summed E-state index contributed by atoms with van der Waals surface area (Å²) < 4.78 is 1.61. The Hall–Kier alpha value is -2.97. The average molecular weight is 423 g/mol. The SMILES string of the molecule is C=CCSc1nc([O-])c2[n+](n1)C(/C=C/c1cccs1)N(C(C)=O)c1ccccc1-2. The molecule has 0 N–H and O–H groups in total. The van der Waals surface area contributed by atoms with Gasteiger partial charge in [0.05, 0.1) is 17.1 Å². The Bertz CT molecular complexity index is 1100. The number of nitrogens with zero attached hydrogens (tertiary/aromatic N) is 4. The number of hydrogen-bond acceptors (Lipinski definition) is 6. The summed E-state index contributed by atoms with van der Waals surface area (Å²) in [6.07, 6.45) is 4.99. The molecule has 0 radical (unpaired) electrons. The Morgan fingerprint density at radius 1 is 1.38 bits per heavy atom. The number of fused-ring (bicyclic) bond motifs is 3. The standard InChI is InChI=1S/C21H18N4O2S2/c1-3-12-29-21-22-20(27)19-16-8-4-5-9-17(16)24(14(2)26)18(25(19)23-21)11-10-15-7-6-13-28-15/h3-11,13,18H,1,12H2,2H3/b11-10+. The lowest BCUT2D eigenvalue weighted by molar-refractivity contribution is -0.762. The normalized spacial score (nSPS) is 15.2. The molecule has 3 aromatic rings. The van der Waals surface area contributed by atoms with Crippen molar-refractivity contribution in [3.63, 3.8) is 0 Å². The summed E-state index contributed by atoms with van der Waals surface area (Å²) >= 11 is 2.93. The number of benzene rings is 1. The summed E-state index contributed by atoms with van der Waals surface area (Å²) in [5.41, 5.74) is 1.70. The van der Waals surface area contributed by atoms with Crippen LogP contribution in [0.25, 0.3) is 17.3 Å². The summed E-state index contributed by atoms with van der Waals surface area (Å²) in [6.45, 7) is 5.21. The van der Waals surface area contributed by atoms with Crippen LogP contribution < -0.4 is 14.7 Å². The van der Waals surface area contributed by atoms with E-state index in [4.69, 9.17) is 0 Å². The second-order valence-electron chi connectivity index (χ2n) is 6.29. The van der Waals surface area contributed by atoms with E-state index in [1.165, 1.54) is 18.7 Å². The lowest BCUT2D eigenvalue weighted by Crippen LogP contribution is -2.57. The summed E-state index contributed by atoms with van der Waals surface area (Å²) in [6, 6.07) is 11.3. The van der Waals surface area contributed by atoms with Gasteiger partial charge in [0.25, 0.3) is 17.0 Å². The molecule has 146 valence electrons. The van der Waals surface area contributed by atoms with Crippen molar-refractivity contribution >= 4 is 40.8 Å². The van der Waals surface area contributed by atoms with Crippen molar-refractivity contribution in [2.75, 3.05) is 10.7 Å². The molecule has 0 bridgehead atoms. The third kappa shape index (κ3) is 3.68. The maximum absolute atomic E-state index is 12.9. The number of rotatable bonds is 5. The lowest BCUT2D eigenvalue weighted by Gasteiger charge is -2.31. The zero-order valence-electron chi connectivity index (χ0n) is 15.7. The van der Waals surface area contributed by atoms with Crippen LogP contribution in [-0.4, -0.2) is 21.7 Å². The van der Waals surface area contributed by atoms with Crippen molar-refractivity contribution in [3.8, 4) is 17.1 Å². The van der Waals surface area contributed by atoms with E-state index in [0.29, 0.717) is 27.9 Å². The van der Waals surface area contributed by atoms with Gasteiger partial charge in [0.1, 0.15) is 0 Å². The summed E-state index contributed by atoms with van der Waals surface area (Å²) in [4.78, 5) is 19.5. The van der Waals surface area contributed by atoms with Gasteiger partial charge in [0, 0.05) is 28.7 Å². The average Bonchev–Trinajstić information content (AvgIpc) is 3.23. The van der Waals surface area contributed by atoms with Gasteiger partial charge in [-0.25, -0.2) is 9.88 Å². The van der Waals surface area contributed by atoms with Gasteiger partial charge in [-0.1, -0.05) is 40.7 Å². The fourth-order valence-electron chi connectivity index (χ4n) is 3.25. The Balaban J connectivity index is 1.92. The van der Waals surface area contributed by atoms with E-state index < -0.39 is 6.17 Å². The molecule has 6 nitrogen and oxygen atoms in total. The highest BCUT2D eigenvalue weighted by Gasteiger charge is 2.41. The molecule has 8 heteroatoms. The van der Waals surface area contributed by atoms with E-state index in [0.717, 1.165) is 4.88 Å². The maximum Gasteiger partial charge on any atom is 0.286 e. The molecule has 1 unspecified atom stereocenters. The fraction of sp³-hybridized carbons (Fsp3) is 0.143. The van der Waals surface area contributed by atoms with Gasteiger partial charge >= 0.3 is 0 Å². The number of thiophene rings is 1. The third-order valence-electron chi connectivity index (χ3n) is 4.40. The smallest absolute Gasteiger partial charge is 0.286 e. The van der Waals surface area contributed by atoms with Crippen LogP contribution in [0.15, 0.2) is 65.7 Å². The molecule has 0 spiro atoms. The molecular formula is C21H18N4O2S2. The van der Waals surface area contributed by atoms with Crippen LogP contribution in [0.5, 0.6) is 5.88 Å². The van der Waals surface area contributed by atoms with Gasteiger partial charge in [0.2, 0.25) is 5.91 Å². The van der Waals surface area contributed by atoms with E-state index in [1.54, 1.807) is 27.0 Å². The van der Waals surface area contributed by atoms with Crippen LogP contribution >= 0.6 is 23.1 Å². The van der Waals surface area contributed by atoms with Crippen LogP contribution in [-0.2, 0) is 4.79 Å². The van der Waals surface area contributed by atoms with E-state index in [2.05, 4.69) is 16.7 Å². The first-order chi connectivity index (χ1) is 14.1. The predicted octanol–water partition coefficient (Wildman–Crippen LogP) is 3.42. The van der Waals surface area contributed by atoms with Gasteiger partial charge in [-0.2, -0.15) is 0 Å². The number of carbonyl (C=O) groups excluding carboxylic acids is 1. The first-order valence-corrected chi connectivity index (χ1v) is 10.8. The number of aromatic nitrogens is 3. The van der Waals surface area contributed by atoms with Crippen LogP contribution in [0.2, 0.25) is 0 Å². The van der Waals surface area contributed by atoms with E-state index in [1.807, 2.05) is 53.9 Å². The second-order valence-corrected chi connectivity index (χ2v) is 8.25. The minimum absolute atomic E-state index is 0.136. The van der Waals surface area contributed by atoms with Crippen molar-refractivity contribution in [2.45, 2.75) is 18.2 Å². The van der Waals surface area contributed by atoms with Gasteiger partial charge in [-0.05, 0) is 29.7 Å². The highest BCUT2D eigenvalue weighted by Crippen LogP contribution is 2.39. The zero-order chi connectivity index (χ0) is 20.4. The van der Waals surface area contributed by atoms with E-state index in [-0.39, 0.29) is 11.8 Å². The Kier molecular flexibility index (Phi) is 5.46. The van der Waals surface area contributed by atoms with Gasteiger partial charge in [-0.15, -0.1) is 17.9 Å². The molecular weight excluding hydrogens is 404 g/mol.